The molecule has 2 rings (SSSR count). The summed E-state index contributed by atoms with van der Waals surface area (Å²) in [6.45, 7) is 0. The molecule has 0 spiro atoms. The third-order valence-corrected chi connectivity index (χ3v) is 1.53. The number of nitrogens with zero attached hydrogens (tertiary/aromatic N) is 1. The van der Waals surface area contributed by atoms with E-state index in [9.17, 15) is 4.79 Å². The van der Waals surface area contributed by atoms with Gasteiger partial charge in [0.05, 0.1) is 6.08 Å². The lowest BCUT2D eigenvalue weighted by molar-refractivity contribution is -0.567. The molecule has 0 fully saturated rings. The van der Waals surface area contributed by atoms with Crippen molar-refractivity contribution >= 4 is 12.0 Å². The number of pyridine rings is 1. The first kappa shape index (κ1) is 8.39. The maximum absolute atomic E-state index is 11.0. The van der Waals surface area contributed by atoms with Crippen LogP contribution in [0.25, 0.3) is 6.20 Å². The lowest BCUT2D eigenvalue weighted by Gasteiger charge is -1.84. The Morgan fingerprint density at radius 3 is 2.82 bits per heavy atom. The summed E-state index contributed by atoms with van der Waals surface area (Å²) in [6.07, 6.45) is 5.18. The van der Waals surface area contributed by atoms with Crippen LogP contribution in [0.5, 0.6) is 0 Å². The molecule has 1 aliphatic heterocycles. The van der Waals surface area contributed by atoms with Crippen molar-refractivity contribution in [2.24, 2.45) is 0 Å². The zero-order chi connectivity index (χ0) is 6.97. The van der Waals surface area contributed by atoms with Crippen LogP contribution in [0.2, 0.25) is 0 Å². The van der Waals surface area contributed by atoms with Gasteiger partial charge in [-0.3, -0.25) is 4.79 Å². The topological polar surface area (TPSA) is 20.9 Å². The lowest BCUT2D eigenvalue weighted by atomic mass is 10.3. The maximum Gasteiger partial charge on any atom is 0.258 e. The maximum atomic E-state index is 11.0. The molecule has 0 radical (unpaired) electrons. The van der Waals surface area contributed by atoms with Gasteiger partial charge in [-0.25, -0.2) is 0 Å². The van der Waals surface area contributed by atoms with Crippen LogP contribution < -0.4 is 28.5 Å². The van der Waals surface area contributed by atoms with Gasteiger partial charge in [0.15, 0.2) is 12.4 Å². The van der Waals surface area contributed by atoms with Crippen LogP contribution in [0, 0.1) is 0 Å². The molecule has 1 aromatic heterocycles. The van der Waals surface area contributed by atoms with E-state index in [0.717, 1.165) is 5.69 Å². The van der Waals surface area contributed by atoms with Crippen molar-refractivity contribution in [2.45, 2.75) is 0 Å². The predicted molar refractivity (Wildman–Crippen MR) is 36.3 cm³/mol. The molecule has 2 heterocycles. The molecule has 1 aromatic rings. The van der Waals surface area contributed by atoms with Crippen molar-refractivity contribution in [1.82, 2.24) is 0 Å². The number of hydrogen-bond acceptors (Lipinski definition) is 1. The first-order chi connectivity index (χ1) is 4.88. The van der Waals surface area contributed by atoms with Gasteiger partial charge >= 0.3 is 0 Å². The Labute approximate surface area is 81.6 Å². The minimum Gasteiger partial charge on any atom is -1.00 e. The minimum absolute atomic E-state index is 0. The summed E-state index contributed by atoms with van der Waals surface area (Å²) in [4.78, 5) is 11.0. The minimum atomic E-state index is 0. The predicted octanol–water partition coefficient (Wildman–Crippen LogP) is -2.35. The highest BCUT2D eigenvalue weighted by Gasteiger charge is 2.20. The summed E-state index contributed by atoms with van der Waals surface area (Å²) in [5.74, 6) is 0.0839. The second-order valence-electron chi connectivity index (χ2n) is 2.17. The molecular formula is C8H6INO. The van der Waals surface area contributed by atoms with Gasteiger partial charge in [0.25, 0.3) is 11.5 Å². The Balaban J connectivity index is 0.000000605. The summed E-state index contributed by atoms with van der Waals surface area (Å²) in [5, 5.41) is 0. The van der Waals surface area contributed by atoms with Crippen LogP contribution in [0.15, 0.2) is 30.5 Å². The molecule has 0 bridgehead atoms. The zero-order valence-corrected chi connectivity index (χ0v) is 7.86. The monoisotopic (exact) mass is 259 g/mol. The van der Waals surface area contributed by atoms with Gasteiger partial charge < -0.3 is 24.0 Å². The van der Waals surface area contributed by atoms with E-state index in [1.165, 1.54) is 0 Å². The molecule has 3 heteroatoms. The van der Waals surface area contributed by atoms with Gasteiger partial charge in [0.2, 0.25) is 0 Å². The van der Waals surface area contributed by atoms with Crippen LogP contribution in [0.4, 0.5) is 0 Å². The fraction of sp³-hybridized carbons (Fsp3) is 0. The molecular weight excluding hydrogens is 253 g/mol. The van der Waals surface area contributed by atoms with E-state index in [0.29, 0.717) is 0 Å². The number of fused-ring (bicyclic) bond motifs is 1. The van der Waals surface area contributed by atoms with E-state index < -0.39 is 0 Å². The summed E-state index contributed by atoms with van der Waals surface area (Å²) in [7, 11) is 0. The first-order valence-corrected chi connectivity index (χ1v) is 3.10. The molecule has 0 aliphatic carbocycles. The molecule has 56 valence electrons. The van der Waals surface area contributed by atoms with Crippen LogP contribution in [0.1, 0.15) is 10.5 Å². The van der Waals surface area contributed by atoms with Crippen molar-refractivity contribution in [3.63, 3.8) is 0 Å². The van der Waals surface area contributed by atoms with Crippen LogP contribution in [-0.4, -0.2) is 5.78 Å². The number of halogens is 1. The third-order valence-electron chi connectivity index (χ3n) is 1.53. The van der Waals surface area contributed by atoms with Crippen molar-refractivity contribution in [2.75, 3.05) is 0 Å². The van der Waals surface area contributed by atoms with Gasteiger partial charge in [0, 0.05) is 12.1 Å². The van der Waals surface area contributed by atoms with Gasteiger partial charge in [-0.15, -0.1) is 0 Å². The molecule has 1 aliphatic rings. The lowest BCUT2D eigenvalue weighted by Crippen LogP contribution is -3.00. The van der Waals surface area contributed by atoms with E-state index in [4.69, 9.17) is 0 Å². The van der Waals surface area contributed by atoms with Crippen molar-refractivity contribution in [1.29, 1.82) is 0 Å². The van der Waals surface area contributed by atoms with E-state index in [2.05, 4.69) is 0 Å². The molecule has 0 saturated heterocycles. The highest BCUT2D eigenvalue weighted by Crippen LogP contribution is 2.00. The van der Waals surface area contributed by atoms with Crippen LogP contribution in [0.3, 0.4) is 0 Å². The number of rotatable bonds is 0. The molecule has 0 aromatic carbocycles. The van der Waals surface area contributed by atoms with Crippen LogP contribution >= 0.6 is 0 Å². The quantitative estimate of drug-likeness (QED) is 0.377. The number of carbonyl (C=O) groups excluding carboxylic acids is 1. The van der Waals surface area contributed by atoms with E-state index in [-0.39, 0.29) is 29.8 Å². The molecule has 0 unspecified atom stereocenters. The van der Waals surface area contributed by atoms with Crippen molar-refractivity contribution < 1.29 is 33.3 Å². The average Bonchev–Trinajstić information content (AvgIpc) is 2.34. The van der Waals surface area contributed by atoms with Crippen LogP contribution in [-0.2, 0) is 0 Å². The van der Waals surface area contributed by atoms with Gasteiger partial charge in [-0.2, -0.15) is 4.57 Å². The molecule has 11 heavy (non-hydrogen) atoms. The Hall–Kier alpha value is -0.710. The number of hydrogen-bond donors (Lipinski definition) is 0. The molecule has 2 nitrogen and oxygen atoms in total. The Bertz CT molecular complexity index is 320. The number of ketones is 1. The highest BCUT2D eigenvalue weighted by molar-refractivity contribution is 6.05. The first-order valence-electron chi connectivity index (χ1n) is 3.10. The largest absolute Gasteiger partial charge is 1.00 e. The van der Waals surface area contributed by atoms with Gasteiger partial charge in [-0.05, 0) is 6.07 Å². The summed E-state index contributed by atoms with van der Waals surface area (Å²) in [6, 6.07) is 5.56. The SMILES string of the molecule is O=C1C=C[n+]2ccccc21.[I-]. The molecule has 0 N–H and O–H groups in total. The van der Waals surface area contributed by atoms with E-state index in [1.54, 1.807) is 12.3 Å². The highest BCUT2D eigenvalue weighted by atomic mass is 127. The Morgan fingerprint density at radius 1 is 1.27 bits per heavy atom. The van der Waals surface area contributed by atoms with E-state index in [1.807, 2.05) is 29.0 Å². The summed E-state index contributed by atoms with van der Waals surface area (Å²) >= 11 is 0. The molecule has 0 atom stereocenters. The van der Waals surface area contributed by atoms with Crippen molar-refractivity contribution in [3.8, 4) is 0 Å². The van der Waals surface area contributed by atoms with E-state index >= 15 is 0 Å². The number of allylic oxidation sites excluding steroid dienone is 1. The molecule has 0 amide bonds. The fourth-order valence-corrected chi connectivity index (χ4v) is 1.03. The molecule has 0 saturated carbocycles. The second-order valence-corrected chi connectivity index (χ2v) is 2.17. The third kappa shape index (κ3) is 1.33. The Kier molecular flexibility index (Phi) is 2.38. The normalized spacial score (nSPS) is 12.5. The average molecular weight is 259 g/mol. The van der Waals surface area contributed by atoms with Crippen molar-refractivity contribution in [3.05, 3.63) is 36.2 Å². The summed E-state index contributed by atoms with van der Waals surface area (Å²) < 4.78 is 1.81. The zero-order valence-electron chi connectivity index (χ0n) is 5.70. The van der Waals surface area contributed by atoms with Gasteiger partial charge in [0.1, 0.15) is 0 Å². The smallest absolute Gasteiger partial charge is 0.258 e. The van der Waals surface area contributed by atoms with Gasteiger partial charge in [-0.1, -0.05) is 0 Å². The summed E-state index contributed by atoms with van der Waals surface area (Å²) in [5.41, 5.74) is 0.738. The second kappa shape index (κ2) is 3.13. The number of aromatic nitrogens is 1. The number of carbonyl (C=O) groups is 1. The fourth-order valence-electron chi connectivity index (χ4n) is 1.03. The Morgan fingerprint density at radius 2 is 2.09 bits per heavy atom. The standard InChI is InChI=1S/C8H6NO.HI/c10-8-4-6-9-5-2-1-3-7(8)9;/h1-6H;1H/q+1;/p-1.